The molecule has 1 heterocycles. The van der Waals surface area contributed by atoms with Crippen LogP contribution in [0.15, 0.2) is 12.2 Å². The smallest absolute Gasteiger partial charge is 0.306 e. The van der Waals surface area contributed by atoms with Crippen molar-refractivity contribution in [3.05, 3.63) is 12.2 Å². The van der Waals surface area contributed by atoms with Crippen molar-refractivity contribution >= 4 is 11.8 Å². The van der Waals surface area contributed by atoms with Gasteiger partial charge in [0.2, 0.25) is 0 Å². The lowest BCUT2D eigenvalue weighted by molar-refractivity contribution is -0.147. The standard InChI is InChI=1S/C21H35NO5/c1-2-3-4-5-18(23)8-6-17-7-9-20(24)19(17)16-21(25)27-15-12-22-10-13-26-14-11-22/h6,8,17-19,23H,2-5,7,9-16H2,1H3/b8-6+/t17-,18-,19-/m0/s1. The molecular formula is C21H35NO5. The number of carbonyl (C=O) groups is 2. The fourth-order valence-corrected chi connectivity index (χ4v) is 3.75. The first-order chi connectivity index (χ1) is 13.1. The summed E-state index contributed by atoms with van der Waals surface area (Å²) in [6.07, 6.45) is 8.67. The van der Waals surface area contributed by atoms with Gasteiger partial charge in [-0.2, -0.15) is 0 Å². The minimum Gasteiger partial charge on any atom is -0.464 e. The number of aliphatic hydroxyl groups is 1. The molecule has 0 aromatic heterocycles. The fraction of sp³-hybridized carbons (Fsp3) is 0.810. The number of unbranched alkanes of at least 4 members (excludes halogenated alkanes) is 2. The van der Waals surface area contributed by atoms with Crippen LogP contribution in [-0.2, 0) is 19.1 Å². The van der Waals surface area contributed by atoms with Gasteiger partial charge >= 0.3 is 5.97 Å². The van der Waals surface area contributed by atoms with E-state index in [1.165, 1.54) is 0 Å². The average molecular weight is 382 g/mol. The highest BCUT2D eigenvalue weighted by molar-refractivity contribution is 5.87. The van der Waals surface area contributed by atoms with Crippen molar-refractivity contribution < 1.29 is 24.2 Å². The number of carbonyl (C=O) groups excluding carboxylic acids is 2. The predicted octanol–water partition coefficient (Wildman–Crippen LogP) is 2.34. The van der Waals surface area contributed by atoms with Crippen molar-refractivity contribution in [2.45, 2.75) is 58.0 Å². The summed E-state index contributed by atoms with van der Waals surface area (Å²) in [7, 11) is 0. The van der Waals surface area contributed by atoms with Gasteiger partial charge in [-0.3, -0.25) is 14.5 Å². The highest BCUT2D eigenvalue weighted by Crippen LogP contribution is 2.32. The molecule has 1 saturated carbocycles. The molecule has 27 heavy (non-hydrogen) atoms. The lowest BCUT2D eigenvalue weighted by Crippen LogP contribution is -2.38. The van der Waals surface area contributed by atoms with Gasteiger partial charge in [0.15, 0.2) is 0 Å². The zero-order valence-corrected chi connectivity index (χ0v) is 16.6. The summed E-state index contributed by atoms with van der Waals surface area (Å²) >= 11 is 0. The number of ketones is 1. The van der Waals surface area contributed by atoms with Crippen molar-refractivity contribution in [2.75, 3.05) is 39.5 Å². The van der Waals surface area contributed by atoms with Crippen molar-refractivity contribution in [3.63, 3.8) is 0 Å². The molecule has 1 saturated heterocycles. The Morgan fingerprint density at radius 3 is 2.89 bits per heavy atom. The van der Waals surface area contributed by atoms with Crippen LogP contribution in [0.1, 0.15) is 51.9 Å². The molecule has 3 atom stereocenters. The maximum atomic E-state index is 12.2. The van der Waals surface area contributed by atoms with Crippen LogP contribution in [0.3, 0.4) is 0 Å². The van der Waals surface area contributed by atoms with Gasteiger partial charge in [-0.15, -0.1) is 0 Å². The summed E-state index contributed by atoms with van der Waals surface area (Å²) in [5, 5.41) is 10.0. The topological polar surface area (TPSA) is 76.1 Å². The molecule has 0 spiro atoms. The molecule has 2 rings (SSSR count). The summed E-state index contributed by atoms with van der Waals surface area (Å²) in [6.45, 7) is 6.39. The second-order valence-corrected chi connectivity index (χ2v) is 7.60. The molecule has 1 aliphatic carbocycles. The van der Waals surface area contributed by atoms with E-state index in [0.29, 0.717) is 19.6 Å². The Morgan fingerprint density at radius 1 is 1.37 bits per heavy atom. The van der Waals surface area contributed by atoms with Crippen LogP contribution in [-0.4, -0.2) is 67.3 Å². The average Bonchev–Trinajstić information content (AvgIpc) is 3.01. The zero-order valence-electron chi connectivity index (χ0n) is 16.6. The number of nitrogens with zero attached hydrogens (tertiary/aromatic N) is 1. The van der Waals surface area contributed by atoms with Crippen molar-refractivity contribution in [1.82, 2.24) is 4.90 Å². The van der Waals surface area contributed by atoms with E-state index in [4.69, 9.17) is 9.47 Å². The van der Waals surface area contributed by atoms with Crippen LogP contribution in [0.5, 0.6) is 0 Å². The number of ether oxygens (including phenoxy) is 2. The lowest BCUT2D eigenvalue weighted by Gasteiger charge is -2.26. The van der Waals surface area contributed by atoms with E-state index in [2.05, 4.69) is 11.8 Å². The fourth-order valence-electron chi connectivity index (χ4n) is 3.75. The summed E-state index contributed by atoms with van der Waals surface area (Å²) in [5.41, 5.74) is 0. The third-order valence-corrected chi connectivity index (χ3v) is 5.50. The van der Waals surface area contributed by atoms with Gasteiger partial charge in [0, 0.05) is 32.0 Å². The molecule has 0 unspecified atom stereocenters. The summed E-state index contributed by atoms with van der Waals surface area (Å²) in [5.74, 6) is -0.439. The molecule has 0 amide bonds. The molecular weight excluding hydrogens is 346 g/mol. The minimum atomic E-state index is -0.464. The van der Waals surface area contributed by atoms with Crippen molar-refractivity contribution in [1.29, 1.82) is 0 Å². The SMILES string of the molecule is CCCCC[C@H](O)/C=C/[C@H]1CCC(=O)[C@H]1CC(=O)OCCN1CCOCC1. The van der Waals surface area contributed by atoms with E-state index < -0.39 is 6.10 Å². The number of esters is 1. The molecule has 0 aromatic carbocycles. The minimum absolute atomic E-state index is 0.0325. The van der Waals surface area contributed by atoms with E-state index in [-0.39, 0.29) is 30.0 Å². The number of hydrogen-bond donors (Lipinski definition) is 1. The summed E-state index contributed by atoms with van der Waals surface area (Å²) < 4.78 is 10.6. The Kier molecular flexibility index (Phi) is 10.0. The Labute approximate surface area is 162 Å². The number of hydrogen-bond acceptors (Lipinski definition) is 6. The van der Waals surface area contributed by atoms with Crippen LogP contribution >= 0.6 is 0 Å². The molecule has 154 valence electrons. The molecule has 2 aliphatic rings. The molecule has 0 aromatic rings. The second kappa shape index (κ2) is 12.3. The molecule has 1 N–H and O–H groups in total. The Morgan fingerprint density at radius 2 is 2.15 bits per heavy atom. The zero-order chi connectivity index (χ0) is 19.5. The van der Waals surface area contributed by atoms with E-state index in [0.717, 1.165) is 58.4 Å². The number of aliphatic hydroxyl groups excluding tert-OH is 1. The highest BCUT2D eigenvalue weighted by Gasteiger charge is 2.35. The molecule has 6 heteroatoms. The number of Topliss-reactive ketones (excluding diaryl/α,β-unsaturated/α-hetero) is 1. The number of allylic oxidation sites excluding steroid dienone is 1. The van der Waals surface area contributed by atoms with Crippen LogP contribution in [0.2, 0.25) is 0 Å². The Bertz CT molecular complexity index is 487. The normalized spacial score (nSPS) is 25.2. The monoisotopic (exact) mass is 381 g/mol. The van der Waals surface area contributed by atoms with Gasteiger partial charge in [-0.05, 0) is 18.8 Å². The summed E-state index contributed by atoms with van der Waals surface area (Å²) in [6, 6.07) is 0. The van der Waals surface area contributed by atoms with Gasteiger partial charge in [0.1, 0.15) is 12.4 Å². The third kappa shape index (κ3) is 8.11. The van der Waals surface area contributed by atoms with E-state index in [1.54, 1.807) is 6.08 Å². The highest BCUT2D eigenvalue weighted by atomic mass is 16.5. The van der Waals surface area contributed by atoms with E-state index in [1.807, 2.05) is 6.08 Å². The first-order valence-electron chi connectivity index (χ1n) is 10.4. The van der Waals surface area contributed by atoms with Crippen LogP contribution in [0.4, 0.5) is 0 Å². The second-order valence-electron chi connectivity index (χ2n) is 7.60. The largest absolute Gasteiger partial charge is 0.464 e. The molecule has 6 nitrogen and oxygen atoms in total. The maximum absolute atomic E-state index is 12.2. The van der Waals surface area contributed by atoms with Gasteiger partial charge < -0.3 is 14.6 Å². The van der Waals surface area contributed by atoms with Crippen molar-refractivity contribution in [3.8, 4) is 0 Å². The van der Waals surface area contributed by atoms with Crippen LogP contribution in [0, 0.1) is 11.8 Å². The summed E-state index contributed by atoms with van der Waals surface area (Å²) in [4.78, 5) is 26.5. The van der Waals surface area contributed by atoms with Crippen LogP contribution in [0.25, 0.3) is 0 Å². The third-order valence-electron chi connectivity index (χ3n) is 5.50. The van der Waals surface area contributed by atoms with E-state index in [9.17, 15) is 14.7 Å². The first-order valence-corrected chi connectivity index (χ1v) is 10.4. The number of morpholine rings is 1. The molecule has 0 radical (unpaired) electrons. The molecule has 0 bridgehead atoms. The van der Waals surface area contributed by atoms with Crippen molar-refractivity contribution in [2.24, 2.45) is 11.8 Å². The van der Waals surface area contributed by atoms with E-state index >= 15 is 0 Å². The van der Waals surface area contributed by atoms with Gasteiger partial charge in [0.25, 0.3) is 0 Å². The first kappa shape index (κ1) is 22.1. The van der Waals surface area contributed by atoms with Gasteiger partial charge in [0.05, 0.1) is 25.7 Å². The molecule has 2 fully saturated rings. The van der Waals surface area contributed by atoms with Crippen LogP contribution < -0.4 is 0 Å². The predicted molar refractivity (Wildman–Crippen MR) is 103 cm³/mol. The molecule has 1 aliphatic heterocycles. The van der Waals surface area contributed by atoms with Gasteiger partial charge in [-0.25, -0.2) is 0 Å². The maximum Gasteiger partial charge on any atom is 0.306 e. The Balaban J connectivity index is 1.71. The van der Waals surface area contributed by atoms with Gasteiger partial charge in [-0.1, -0.05) is 38.3 Å². The quantitative estimate of drug-likeness (QED) is 0.336. The Hall–Kier alpha value is -1.24. The number of rotatable bonds is 11. The lowest BCUT2D eigenvalue weighted by atomic mass is 9.91.